The molecule has 188 valence electrons. The van der Waals surface area contributed by atoms with E-state index in [1.807, 2.05) is 6.07 Å². The van der Waals surface area contributed by atoms with Crippen LogP contribution >= 0.6 is 0 Å². The summed E-state index contributed by atoms with van der Waals surface area (Å²) in [6.45, 7) is 4.63. The van der Waals surface area contributed by atoms with Crippen molar-refractivity contribution in [1.82, 2.24) is 5.32 Å². The molecule has 0 aromatic heterocycles. The number of aryl methyl sites for hydroxylation is 2. The van der Waals surface area contributed by atoms with E-state index in [0.717, 1.165) is 12.5 Å². The molecule has 0 radical (unpaired) electrons. The number of benzene rings is 3. The van der Waals surface area contributed by atoms with Crippen molar-refractivity contribution in [3.8, 4) is 0 Å². The molecule has 4 nitrogen and oxygen atoms in total. The summed E-state index contributed by atoms with van der Waals surface area (Å²) in [7, 11) is -1.25. The average molecular weight is 501 g/mol. The zero-order chi connectivity index (χ0) is 25.6. The molecular formula is C28H34F2N2O2S. The van der Waals surface area contributed by atoms with Crippen molar-refractivity contribution in [3.63, 3.8) is 0 Å². The van der Waals surface area contributed by atoms with Crippen LogP contribution in [0, 0.1) is 18.6 Å². The predicted molar refractivity (Wildman–Crippen MR) is 139 cm³/mol. The van der Waals surface area contributed by atoms with Crippen molar-refractivity contribution in [2.24, 2.45) is 5.73 Å². The normalized spacial score (nSPS) is 12.3. The van der Waals surface area contributed by atoms with Gasteiger partial charge in [0.15, 0.2) is 0 Å². The van der Waals surface area contributed by atoms with Crippen molar-refractivity contribution >= 4 is 16.7 Å². The molecule has 0 heterocycles. The van der Waals surface area contributed by atoms with Gasteiger partial charge in [-0.3, -0.25) is 9.00 Å². The molecule has 0 bridgehead atoms. The van der Waals surface area contributed by atoms with Crippen LogP contribution < -0.4 is 11.1 Å². The first-order chi connectivity index (χ1) is 16.8. The van der Waals surface area contributed by atoms with Crippen LogP contribution in [0.1, 0.15) is 36.5 Å². The molecule has 3 aromatic carbocycles. The number of amides is 1. The summed E-state index contributed by atoms with van der Waals surface area (Å²) in [6, 6.07) is 20.5. The number of rotatable bonds is 10. The molecule has 3 rings (SSSR count). The molecule has 0 aliphatic rings. The molecule has 35 heavy (non-hydrogen) atoms. The van der Waals surface area contributed by atoms with Gasteiger partial charge in [0.25, 0.3) is 0 Å². The molecule has 0 aliphatic carbocycles. The van der Waals surface area contributed by atoms with E-state index in [1.54, 1.807) is 24.3 Å². The quantitative estimate of drug-likeness (QED) is 0.407. The van der Waals surface area contributed by atoms with E-state index in [9.17, 15) is 17.8 Å². The van der Waals surface area contributed by atoms with Crippen LogP contribution in [0.5, 0.6) is 0 Å². The summed E-state index contributed by atoms with van der Waals surface area (Å²) in [5.74, 6) is -1.36. The first kappa shape index (κ1) is 28.3. The highest BCUT2D eigenvalue weighted by atomic mass is 32.2. The standard InChI is InChI=1S/C19H22F2N2O2S.C9H12/c20-15-10-14(11-16(21)13-15)12-17(6-8-22)23-19(24)7-9-26(25)18-4-2-1-3-5-18;1-3-9-6-4-5-8(2)7-9/h1-5,10-11,13,17H,6-9,12,22H2,(H,23,24);4-7H,3H2,1-2H3. The lowest BCUT2D eigenvalue weighted by Crippen LogP contribution is -2.38. The Hall–Kier alpha value is -2.90. The van der Waals surface area contributed by atoms with Crippen molar-refractivity contribution < 1.29 is 17.8 Å². The van der Waals surface area contributed by atoms with Crippen molar-refractivity contribution in [3.05, 3.63) is 101 Å². The molecule has 2 unspecified atom stereocenters. The molecule has 2 atom stereocenters. The molecule has 0 aliphatic heterocycles. The fourth-order valence-corrected chi connectivity index (χ4v) is 4.61. The van der Waals surface area contributed by atoms with Gasteiger partial charge in [0.2, 0.25) is 5.91 Å². The number of nitrogens with one attached hydrogen (secondary N) is 1. The third-order valence-electron chi connectivity index (χ3n) is 5.30. The fraction of sp³-hybridized carbons (Fsp3) is 0.321. The summed E-state index contributed by atoms with van der Waals surface area (Å²) in [6.07, 6.45) is 1.99. The lowest BCUT2D eigenvalue weighted by molar-refractivity contribution is -0.121. The average Bonchev–Trinajstić information content (AvgIpc) is 2.83. The van der Waals surface area contributed by atoms with Gasteiger partial charge in [0.05, 0.1) is 10.8 Å². The van der Waals surface area contributed by atoms with Gasteiger partial charge in [-0.25, -0.2) is 8.78 Å². The molecule has 0 saturated carbocycles. The summed E-state index contributed by atoms with van der Waals surface area (Å²) in [5, 5.41) is 2.81. The van der Waals surface area contributed by atoms with Gasteiger partial charge >= 0.3 is 0 Å². The molecular weight excluding hydrogens is 466 g/mol. The number of carbonyl (C=O) groups is 1. The van der Waals surface area contributed by atoms with Crippen LogP contribution in [-0.2, 0) is 28.4 Å². The molecule has 7 heteroatoms. The Kier molecular flexibility index (Phi) is 12.3. The zero-order valence-electron chi connectivity index (χ0n) is 20.3. The lowest BCUT2D eigenvalue weighted by atomic mass is 10.0. The van der Waals surface area contributed by atoms with E-state index in [1.165, 1.54) is 23.3 Å². The van der Waals surface area contributed by atoms with Crippen LogP contribution in [0.4, 0.5) is 8.78 Å². The smallest absolute Gasteiger partial charge is 0.221 e. The first-order valence-electron chi connectivity index (χ1n) is 11.7. The Morgan fingerprint density at radius 2 is 1.66 bits per heavy atom. The van der Waals surface area contributed by atoms with Crippen LogP contribution in [-0.4, -0.2) is 28.5 Å². The number of halogens is 2. The van der Waals surface area contributed by atoms with Gasteiger partial charge in [0.1, 0.15) is 11.6 Å². The largest absolute Gasteiger partial charge is 0.353 e. The fourth-order valence-electron chi connectivity index (χ4n) is 3.55. The molecule has 3 N–H and O–H groups in total. The minimum absolute atomic E-state index is 0.0973. The van der Waals surface area contributed by atoms with E-state index in [-0.39, 0.29) is 30.5 Å². The highest BCUT2D eigenvalue weighted by Crippen LogP contribution is 2.12. The van der Waals surface area contributed by atoms with Gasteiger partial charge in [-0.1, -0.05) is 55.0 Å². The van der Waals surface area contributed by atoms with Crippen LogP contribution in [0.2, 0.25) is 0 Å². The van der Waals surface area contributed by atoms with Gasteiger partial charge in [-0.2, -0.15) is 0 Å². The third kappa shape index (κ3) is 10.9. The predicted octanol–water partition coefficient (Wildman–Crippen LogP) is 5.10. The van der Waals surface area contributed by atoms with E-state index < -0.39 is 22.4 Å². The summed E-state index contributed by atoms with van der Waals surface area (Å²) >= 11 is 0. The second-order valence-electron chi connectivity index (χ2n) is 8.28. The van der Waals surface area contributed by atoms with Crippen molar-refractivity contribution in [2.45, 2.75) is 50.5 Å². The highest BCUT2D eigenvalue weighted by molar-refractivity contribution is 7.85. The second kappa shape index (κ2) is 15.2. The Bertz CT molecular complexity index is 1070. The SMILES string of the molecule is CCc1cccc(C)c1.NCCC(Cc1cc(F)cc(F)c1)NC(=O)CCS(=O)c1ccccc1. The summed E-state index contributed by atoms with van der Waals surface area (Å²) in [4.78, 5) is 12.8. The van der Waals surface area contributed by atoms with Crippen LogP contribution in [0.25, 0.3) is 0 Å². The minimum atomic E-state index is -1.25. The number of carbonyl (C=O) groups excluding carboxylic acids is 1. The Labute approximate surface area is 209 Å². The Balaban J connectivity index is 0.000000402. The van der Waals surface area contributed by atoms with Gasteiger partial charge in [0, 0.05) is 29.2 Å². The number of hydrogen-bond donors (Lipinski definition) is 2. The lowest BCUT2D eigenvalue weighted by Gasteiger charge is -2.18. The minimum Gasteiger partial charge on any atom is -0.353 e. The Morgan fingerprint density at radius 3 is 2.23 bits per heavy atom. The van der Waals surface area contributed by atoms with E-state index in [4.69, 9.17) is 5.73 Å². The maximum Gasteiger partial charge on any atom is 0.221 e. The van der Waals surface area contributed by atoms with Crippen LogP contribution in [0.15, 0.2) is 77.7 Å². The second-order valence-corrected chi connectivity index (χ2v) is 9.85. The van der Waals surface area contributed by atoms with E-state index in [0.29, 0.717) is 23.4 Å². The maximum atomic E-state index is 13.3. The highest BCUT2D eigenvalue weighted by Gasteiger charge is 2.15. The van der Waals surface area contributed by atoms with Crippen LogP contribution in [0.3, 0.4) is 0 Å². The van der Waals surface area contributed by atoms with E-state index in [2.05, 4.69) is 43.4 Å². The Morgan fingerprint density at radius 1 is 0.971 bits per heavy atom. The van der Waals surface area contributed by atoms with E-state index >= 15 is 0 Å². The molecule has 3 aromatic rings. The molecule has 0 saturated heterocycles. The number of hydrogen-bond acceptors (Lipinski definition) is 3. The van der Waals surface area contributed by atoms with Gasteiger partial charge in [-0.05, 0) is 68.1 Å². The van der Waals surface area contributed by atoms with Crippen molar-refractivity contribution in [2.75, 3.05) is 12.3 Å². The monoisotopic (exact) mass is 500 g/mol. The van der Waals surface area contributed by atoms with Gasteiger partial charge in [-0.15, -0.1) is 0 Å². The third-order valence-corrected chi connectivity index (χ3v) is 6.67. The molecule has 1 amide bonds. The summed E-state index contributed by atoms with van der Waals surface area (Å²) < 4.78 is 38.8. The van der Waals surface area contributed by atoms with Crippen molar-refractivity contribution in [1.29, 1.82) is 0 Å². The summed E-state index contributed by atoms with van der Waals surface area (Å²) in [5.41, 5.74) is 8.80. The zero-order valence-corrected chi connectivity index (χ0v) is 21.1. The maximum absolute atomic E-state index is 13.3. The van der Waals surface area contributed by atoms with Gasteiger partial charge < -0.3 is 11.1 Å². The topological polar surface area (TPSA) is 72.2 Å². The number of nitrogens with two attached hydrogens (primary N) is 1. The molecule has 0 spiro atoms. The molecule has 0 fully saturated rings. The first-order valence-corrected chi connectivity index (χ1v) is 13.1.